The van der Waals surface area contributed by atoms with Crippen molar-refractivity contribution in [3.63, 3.8) is 0 Å². The molecule has 4 rings (SSSR count). The highest BCUT2D eigenvalue weighted by atomic mass is 35.5. The highest BCUT2D eigenvalue weighted by Gasteiger charge is 2.37. The number of aromatic amines is 1. The fourth-order valence-corrected chi connectivity index (χ4v) is 4.56. The molecule has 10 heteroatoms. The fraction of sp³-hybridized carbons (Fsp3) is 0.304. The van der Waals surface area contributed by atoms with Crippen molar-refractivity contribution in [2.45, 2.75) is 45.2 Å². The Balaban J connectivity index is 1.66. The summed E-state index contributed by atoms with van der Waals surface area (Å²) >= 11 is 6.30. The van der Waals surface area contributed by atoms with Gasteiger partial charge in [-0.3, -0.25) is 4.79 Å². The van der Waals surface area contributed by atoms with Crippen molar-refractivity contribution in [1.29, 1.82) is 0 Å². The van der Waals surface area contributed by atoms with Gasteiger partial charge in [0.05, 0.1) is 22.4 Å². The van der Waals surface area contributed by atoms with E-state index < -0.39 is 23.8 Å². The number of fused-ring (bicyclic) bond motifs is 1. The molecule has 0 bridgehead atoms. The Morgan fingerprint density at radius 3 is 2.73 bits per heavy atom. The molecule has 2 amide bonds. The van der Waals surface area contributed by atoms with E-state index >= 15 is 0 Å². The number of benzene rings is 1. The molecule has 33 heavy (non-hydrogen) atoms. The minimum atomic E-state index is -0.773. The Morgan fingerprint density at radius 2 is 2.03 bits per heavy atom. The maximum atomic E-state index is 14.9. The molecule has 2 N–H and O–H groups in total. The Hall–Kier alpha value is -3.33. The van der Waals surface area contributed by atoms with Crippen LogP contribution < -0.4 is 10.9 Å². The van der Waals surface area contributed by atoms with Gasteiger partial charge >= 0.3 is 6.03 Å². The fourth-order valence-electron chi connectivity index (χ4n) is 4.30. The van der Waals surface area contributed by atoms with Gasteiger partial charge in [0.25, 0.3) is 5.56 Å². The zero-order valence-electron chi connectivity index (χ0n) is 18.0. The summed E-state index contributed by atoms with van der Waals surface area (Å²) in [5.41, 5.74) is 1.21. The number of aromatic nitrogens is 3. The number of hydrogen-bond acceptors (Lipinski definition) is 4. The number of carbonyl (C=O) groups is 1. The highest BCUT2D eigenvalue weighted by molar-refractivity contribution is 6.33. The van der Waals surface area contributed by atoms with Crippen molar-refractivity contribution in [2.75, 3.05) is 5.32 Å². The number of carbonyl (C=O) groups excluding carboxylic acids is 1. The summed E-state index contributed by atoms with van der Waals surface area (Å²) in [6, 6.07) is 5.71. The molecule has 0 saturated heterocycles. The molecule has 172 valence electrons. The van der Waals surface area contributed by atoms with E-state index in [1.54, 1.807) is 4.90 Å². The van der Waals surface area contributed by atoms with Crippen LogP contribution in [-0.2, 0) is 6.42 Å². The number of hydrogen-bond donors (Lipinski definition) is 2. The van der Waals surface area contributed by atoms with E-state index in [1.807, 2.05) is 13.8 Å². The third-order valence-electron chi connectivity index (χ3n) is 5.86. The topological polar surface area (TPSA) is 91.0 Å². The molecule has 2 atom stereocenters. The molecule has 1 aromatic carbocycles. The number of rotatable bonds is 4. The van der Waals surface area contributed by atoms with Gasteiger partial charge < -0.3 is 10.2 Å². The lowest BCUT2D eigenvalue weighted by Gasteiger charge is -2.41. The van der Waals surface area contributed by atoms with E-state index in [2.05, 4.69) is 20.5 Å². The Morgan fingerprint density at radius 1 is 1.24 bits per heavy atom. The zero-order chi connectivity index (χ0) is 23.7. The van der Waals surface area contributed by atoms with Crippen molar-refractivity contribution < 1.29 is 13.6 Å². The van der Waals surface area contributed by atoms with Gasteiger partial charge in [0.1, 0.15) is 5.82 Å². The first kappa shape index (κ1) is 22.8. The lowest BCUT2D eigenvalue weighted by molar-refractivity contribution is 0.135. The lowest BCUT2D eigenvalue weighted by Crippen LogP contribution is -2.49. The van der Waals surface area contributed by atoms with E-state index in [0.717, 1.165) is 11.6 Å². The van der Waals surface area contributed by atoms with Crippen molar-refractivity contribution in [3.05, 3.63) is 74.9 Å². The quantitative estimate of drug-likeness (QED) is 0.517. The average molecular weight is 474 g/mol. The Labute approximate surface area is 193 Å². The molecule has 0 saturated carbocycles. The van der Waals surface area contributed by atoms with Gasteiger partial charge in [-0.15, -0.1) is 0 Å². The van der Waals surface area contributed by atoms with Gasteiger partial charge in [0.15, 0.2) is 0 Å². The minimum Gasteiger partial charge on any atom is -0.313 e. The third kappa shape index (κ3) is 4.32. The van der Waals surface area contributed by atoms with Crippen LogP contribution in [0.3, 0.4) is 0 Å². The van der Waals surface area contributed by atoms with E-state index in [1.165, 1.54) is 30.5 Å². The zero-order valence-corrected chi connectivity index (χ0v) is 18.8. The molecule has 0 fully saturated rings. The summed E-state index contributed by atoms with van der Waals surface area (Å²) < 4.78 is 29.0. The van der Waals surface area contributed by atoms with Crippen molar-refractivity contribution in [1.82, 2.24) is 20.1 Å². The molecule has 2 aromatic heterocycles. The maximum Gasteiger partial charge on any atom is 0.322 e. The Bertz CT molecular complexity index is 1270. The molecular weight excluding hydrogens is 452 g/mol. The SMILES string of the molecule is CCC1Cc2cc(=O)[nH]nc2C(CC)N1C(=O)Nc1cc(Cl)c(-c2cccnc2F)cc1F. The summed E-state index contributed by atoms with van der Waals surface area (Å²) in [7, 11) is 0. The normalized spacial score (nSPS) is 17.5. The minimum absolute atomic E-state index is 0.0593. The number of halogens is 3. The van der Waals surface area contributed by atoms with Gasteiger partial charge in [0, 0.05) is 29.4 Å². The summed E-state index contributed by atoms with van der Waals surface area (Å²) in [5, 5.41) is 9.27. The first-order valence-corrected chi connectivity index (χ1v) is 11.0. The molecule has 0 aliphatic carbocycles. The molecule has 1 aliphatic heterocycles. The molecule has 2 unspecified atom stereocenters. The van der Waals surface area contributed by atoms with Crippen LogP contribution in [0.25, 0.3) is 11.1 Å². The molecule has 0 radical (unpaired) electrons. The molecule has 0 spiro atoms. The maximum absolute atomic E-state index is 14.9. The predicted molar refractivity (Wildman–Crippen MR) is 121 cm³/mol. The average Bonchev–Trinajstić information content (AvgIpc) is 2.80. The smallest absolute Gasteiger partial charge is 0.313 e. The number of nitrogens with zero attached hydrogens (tertiary/aromatic N) is 3. The number of anilines is 1. The predicted octanol–water partition coefficient (Wildman–Crippen LogP) is 5.08. The van der Waals surface area contributed by atoms with Crippen LogP contribution in [-0.4, -0.2) is 32.2 Å². The van der Waals surface area contributed by atoms with E-state index in [9.17, 15) is 18.4 Å². The summed E-state index contributed by atoms with van der Waals surface area (Å²) in [6.07, 6.45) is 2.94. The molecule has 1 aliphatic rings. The Kier molecular flexibility index (Phi) is 6.42. The highest BCUT2D eigenvalue weighted by Crippen LogP contribution is 2.36. The van der Waals surface area contributed by atoms with E-state index in [-0.39, 0.29) is 33.4 Å². The molecule has 7 nitrogen and oxygen atoms in total. The van der Waals surface area contributed by atoms with Gasteiger partial charge in [0.2, 0.25) is 5.95 Å². The van der Waals surface area contributed by atoms with E-state index in [4.69, 9.17) is 11.6 Å². The summed E-state index contributed by atoms with van der Waals surface area (Å²) in [5.74, 6) is -1.53. The number of H-pyrrole nitrogens is 1. The molecule has 3 heterocycles. The second kappa shape index (κ2) is 9.27. The monoisotopic (exact) mass is 473 g/mol. The van der Waals surface area contributed by atoms with Crippen LogP contribution >= 0.6 is 11.6 Å². The second-order valence-electron chi connectivity index (χ2n) is 7.82. The van der Waals surface area contributed by atoms with Gasteiger partial charge in [-0.2, -0.15) is 9.49 Å². The summed E-state index contributed by atoms with van der Waals surface area (Å²) in [4.78, 5) is 30.2. The lowest BCUT2D eigenvalue weighted by atomic mass is 9.90. The number of pyridine rings is 1. The van der Waals surface area contributed by atoms with E-state index in [0.29, 0.717) is 25.0 Å². The van der Waals surface area contributed by atoms with Crippen LogP contribution in [0.2, 0.25) is 5.02 Å². The standard InChI is InChI=1S/C23H22ClF2N5O2/c1-3-13-8-12-9-20(32)29-30-21(12)19(4-2)31(13)23(33)28-18-11-16(24)15(10-17(18)25)14-6-5-7-27-22(14)26/h5-7,9-11,13,19H,3-4,8H2,1-2H3,(H,28,33)(H,29,32). The van der Waals surface area contributed by atoms with Gasteiger partial charge in [-0.1, -0.05) is 25.4 Å². The first-order chi connectivity index (χ1) is 15.8. The van der Waals surface area contributed by atoms with Crippen LogP contribution in [0.1, 0.15) is 44.0 Å². The summed E-state index contributed by atoms with van der Waals surface area (Å²) in [6.45, 7) is 3.85. The first-order valence-electron chi connectivity index (χ1n) is 10.6. The van der Waals surface area contributed by atoms with Crippen LogP contribution in [0.5, 0.6) is 0 Å². The van der Waals surface area contributed by atoms with Gasteiger partial charge in [-0.25, -0.2) is 19.3 Å². The largest absolute Gasteiger partial charge is 0.322 e. The van der Waals surface area contributed by atoms with Crippen molar-refractivity contribution >= 4 is 23.3 Å². The molecular formula is C23H22ClF2N5O2. The van der Waals surface area contributed by atoms with Crippen molar-refractivity contribution in [3.8, 4) is 11.1 Å². The van der Waals surface area contributed by atoms with Crippen molar-refractivity contribution in [2.24, 2.45) is 0 Å². The third-order valence-corrected chi connectivity index (χ3v) is 6.17. The number of amides is 2. The van der Waals surface area contributed by atoms with Crippen LogP contribution in [0.4, 0.5) is 19.3 Å². The number of nitrogens with one attached hydrogen (secondary N) is 2. The molecule has 3 aromatic rings. The number of urea groups is 1. The van der Waals surface area contributed by atoms with Gasteiger partial charge in [-0.05, 0) is 49.1 Å². The van der Waals surface area contributed by atoms with Crippen LogP contribution in [0.15, 0.2) is 41.3 Å². The second-order valence-corrected chi connectivity index (χ2v) is 8.23. The van der Waals surface area contributed by atoms with Crippen LogP contribution in [0, 0.1) is 11.8 Å².